The molecule has 0 bridgehead atoms. The Balaban J connectivity index is 0.00000240. The molecule has 1 fully saturated rings. The third-order valence-electron chi connectivity index (χ3n) is 4.65. The van der Waals surface area contributed by atoms with Crippen molar-refractivity contribution >= 4 is 46.3 Å². The minimum absolute atomic E-state index is 0. The summed E-state index contributed by atoms with van der Waals surface area (Å²) < 4.78 is 13.1. The van der Waals surface area contributed by atoms with E-state index >= 15 is 0 Å². The molecule has 3 aromatic rings. The van der Waals surface area contributed by atoms with Gasteiger partial charge >= 0.3 is 0 Å². The standard InChI is InChI=1S/C20H19N3O4S.ClH/c1-22-17-9-15(26-2)7-8-16(17)21-18(22)11-27-14-5-3-13(4-6-14)10-23-19(24)12-28-20(23)25;/h3-9H,10-12H2,1-2H3;1H. The SMILES string of the molecule is COc1ccc2nc(COc3ccc(CN4C(=O)CSC4=O)cc3)n(C)c2c1.Cl. The summed E-state index contributed by atoms with van der Waals surface area (Å²) in [5.41, 5.74) is 2.74. The van der Waals surface area contributed by atoms with Crippen molar-refractivity contribution in [3.63, 3.8) is 0 Å². The van der Waals surface area contributed by atoms with Crippen LogP contribution in [-0.4, -0.2) is 38.5 Å². The Labute approximate surface area is 178 Å². The lowest BCUT2D eigenvalue weighted by Gasteiger charge is -2.13. The number of hydrogen-bond donors (Lipinski definition) is 0. The van der Waals surface area contributed by atoms with Gasteiger partial charge in [0.15, 0.2) is 0 Å². The van der Waals surface area contributed by atoms with Gasteiger partial charge in [0.1, 0.15) is 23.9 Å². The first-order valence-corrected chi connectivity index (χ1v) is 9.72. The molecule has 2 aromatic carbocycles. The van der Waals surface area contributed by atoms with Crippen molar-refractivity contribution < 1.29 is 19.1 Å². The lowest BCUT2D eigenvalue weighted by atomic mass is 10.2. The van der Waals surface area contributed by atoms with Crippen LogP contribution in [0, 0.1) is 0 Å². The van der Waals surface area contributed by atoms with Crippen LogP contribution in [0.1, 0.15) is 11.4 Å². The van der Waals surface area contributed by atoms with Crippen LogP contribution in [0.2, 0.25) is 0 Å². The fourth-order valence-corrected chi connectivity index (χ4v) is 3.76. The molecular formula is C20H20ClN3O4S. The molecule has 0 radical (unpaired) electrons. The molecule has 1 aliphatic rings. The predicted octanol–water partition coefficient (Wildman–Crippen LogP) is 3.78. The summed E-state index contributed by atoms with van der Waals surface area (Å²) >= 11 is 1.04. The Morgan fingerprint density at radius 1 is 1.10 bits per heavy atom. The number of halogens is 1. The molecule has 29 heavy (non-hydrogen) atoms. The van der Waals surface area contributed by atoms with Gasteiger partial charge in [-0.3, -0.25) is 14.5 Å². The van der Waals surface area contributed by atoms with E-state index in [2.05, 4.69) is 4.98 Å². The number of carbonyl (C=O) groups is 2. The number of imidazole rings is 1. The molecule has 1 saturated heterocycles. The molecular weight excluding hydrogens is 414 g/mol. The second-order valence-corrected chi connectivity index (χ2v) is 7.34. The lowest BCUT2D eigenvalue weighted by molar-refractivity contribution is -0.125. The van der Waals surface area contributed by atoms with Crippen LogP contribution >= 0.6 is 24.2 Å². The summed E-state index contributed by atoms with van der Waals surface area (Å²) in [6, 6.07) is 13.1. The Morgan fingerprint density at radius 2 is 1.83 bits per heavy atom. The zero-order valence-corrected chi connectivity index (χ0v) is 17.6. The smallest absolute Gasteiger partial charge is 0.289 e. The van der Waals surface area contributed by atoms with Crippen LogP contribution in [0.3, 0.4) is 0 Å². The number of benzene rings is 2. The van der Waals surface area contributed by atoms with Crippen molar-refractivity contribution in [2.75, 3.05) is 12.9 Å². The van der Waals surface area contributed by atoms with Crippen LogP contribution in [0.15, 0.2) is 42.5 Å². The van der Waals surface area contributed by atoms with Crippen molar-refractivity contribution in [1.82, 2.24) is 14.5 Å². The molecule has 0 spiro atoms. The lowest BCUT2D eigenvalue weighted by Crippen LogP contribution is -2.27. The van der Waals surface area contributed by atoms with Gasteiger partial charge in [0.25, 0.3) is 5.24 Å². The Bertz CT molecular complexity index is 1040. The summed E-state index contributed by atoms with van der Waals surface area (Å²) in [7, 11) is 3.58. The van der Waals surface area contributed by atoms with Crippen molar-refractivity contribution in [1.29, 1.82) is 0 Å². The highest BCUT2D eigenvalue weighted by Gasteiger charge is 2.29. The molecule has 152 valence electrons. The molecule has 2 amide bonds. The number of amides is 2. The largest absolute Gasteiger partial charge is 0.497 e. The average molecular weight is 434 g/mol. The van der Waals surface area contributed by atoms with Gasteiger partial charge in [-0.05, 0) is 29.8 Å². The molecule has 2 heterocycles. The number of thioether (sulfide) groups is 1. The van der Waals surface area contributed by atoms with E-state index in [1.54, 1.807) is 7.11 Å². The van der Waals surface area contributed by atoms with Crippen LogP contribution in [0.5, 0.6) is 11.5 Å². The summed E-state index contributed by atoms with van der Waals surface area (Å²) in [5, 5.41) is -0.191. The average Bonchev–Trinajstić information content (AvgIpc) is 3.20. The number of nitrogens with zero attached hydrogens (tertiary/aromatic N) is 3. The Kier molecular flexibility index (Phi) is 6.34. The number of aromatic nitrogens is 2. The molecule has 0 N–H and O–H groups in total. The van der Waals surface area contributed by atoms with Crippen molar-refractivity contribution in [2.45, 2.75) is 13.2 Å². The number of aryl methyl sites for hydroxylation is 1. The summed E-state index contributed by atoms with van der Waals surface area (Å²) in [6.07, 6.45) is 0. The summed E-state index contributed by atoms with van der Waals surface area (Å²) in [6.45, 7) is 0.615. The molecule has 0 saturated carbocycles. The van der Waals surface area contributed by atoms with Gasteiger partial charge < -0.3 is 14.0 Å². The maximum absolute atomic E-state index is 11.7. The fourth-order valence-electron chi connectivity index (χ4n) is 3.03. The van der Waals surface area contributed by atoms with E-state index in [0.717, 1.165) is 39.9 Å². The number of hydrogen-bond acceptors (Lipinski definition) is 6. The van der Waals surface area contributed by atoms with Crippen LogP contribution in [0.25, 0.3) is 11.0 Å². The number of methoxy groups -OCH3 is 1. The van der Waals surface area contributed by atoms with Crippen LogP contribution in [-0.2, 0) is 25.0 Å². The Morgan fingerprint density at radius 3 is 2.48 bits per heavy atom. The van der Waals surface area contributed by atoms with Gasteiger partial charge in [-0.1, -0.05) is 23.9 Å². The Hall–Kier alpha value is -2.71. The van der Waals surface area contributed by atoms with Gasteiger partial charge in [-0.2, -0.15) is 0 Å². The van der Waals surface area contributed by atoms with Crippen molar-refractivity contribution in [3.05, 3.63) is 53.9 Å². The minimum Gasteiger partial charge on any atom is -0.497 e. The van der Waals surface area contributed by atoms with E-state index in [4.69, 9.17) is 9.47 Å². The van der Waals surface area contributed by atoms with E-state index in [1.165, 1.54) is 4.90 Å². The van der Waals surface area contributed by atoms with Gasteiger partial charge in [-0.25, -0.2) is 4.98 Å². The van der Waals surface area contributed by atoms with Gasteiger partial charge in [0.05, 0.1) is 30.4 Å². The van der Waals surface area contributed by atoms with Crippen LogP contribution < -0.4 is 9.47 Å². The van der Waals surface area contributed by atoms with Crippen molar-refractivity contribution in [2.24, 2.45) is 7.05 Å². The first-order valence-electron chi connectivity index (χ1n) is 8.73. The maximum Gasteiger partial charge on any atom is 0.289 e. The molecule has 0 aliphatic carbocycles. The molecule has 1 aliphatic heterocycles. The predicted molar refractivity (Wildman–Crippen MR) is 114 cm³/mol. The van der Waals surface area contributed by atoms with E-state index in [1.807, 2.05) is 54.1 Å². The highest BCUT2D eigenvalue weighted by molar-refractivity contribution is 8.14. The molecule has 9 heteroatoms. The molecule has 1 aromatic heterocycles. The number of ether oxygens (including phenoxy) is 2. The second-order valence-electron chi connectivity index (χ2n) is 6.41. The second kappa shape index (κ2) is 8.75. The van der Waals surface area contributed by atoms with E-state index in [-0.39, 0.29) is 35.9 Å². The van der Waals surface area contributed by atoms with Gasteiger partial charge in [0.2, 0.25) is 5.91 Å². The molecule has 0 atom stereocenters. The third-order valence-corrected chi connectivity index (χ3v) is 5.51. The van der Waals surface area contributed by atoms with Gasteiger partial charge in [0, 0.05) is 13.1 Å². The highest BCUT2D eigenvalue weighted by Crippen LogP contribution is 2.24. The number of imide groups is 1. The summed E-state index contributed by atoms with van der Waals surface area (Å²) in [4.78, 5) is 29.3. The number of carbonyl (C=O) groups excluding carboxylic acids is 2. The molecule has 4 rings (SSSR count). The zero-order valence-electron chi connectivity index (χ0n) is 16.0. The van der Waals surface area contributed by atoms with E-state index < -0.39 is 0 Å². The molecule has 0 unspecified atom stereocenters. The third kappa shape index (κ3) is 4.33. The molecule has 7 nitrogen and oxygen atoms in total. The monoisotopic (exact) mass is 433 g/mol. The number of rotatable bonds is 6. The quantitative estimate of drug-likeness (QED) is 0.589. The minimum atomic E-state index is -0.191. The zero-order chi connectivity index (χ0) is 19.7. The first-order chi connectivity index (χ1) is 13.5. The normalized spacial score (nSPS) is 13.7. The maximum atomic E-state index is 11.7. The van der Waals surface area contributed by atoms with E-state index in [9.17, 15) is 9.59 Å². The fraction of sp³-hybridized carbons (Fsp3) is 0.250. The van der Waals surface area contributed by atoms with E-state index in [0.29, 0.717) is 12.4 Å². The van der Waals surface area contributed by atoms with Gasteiger partial charge in [-0.15, -0.1) is 12.4 Å². The van der Waals surface area contributed by atoms with Crippen LogP contribution in [0.4, 0.5) is 4.79 Å². The highest BCUT2D eigenvalue weighted by atomic mass is 35.5. The first kappa shape index (κ1) is 21.0. The topological polar surface area (TPSA) is 73.7 Å². The number of fused-ring (bicyclic) bond motifs is 1. The summed E-state index contributed by atoms with van der Waals surface area (Å²) in [5.74, 6) is 2.37. The van der Waals surface area contributed by atoms with Crippen molar-refractivity contribution in [3.8, 4) is 11.5 Å².